The van der Waals surface area contributed by atoms with Crippen molar-refractivity contribution in [2.45, 2.75) is 6.92 Å². The van der Waals surface area contributed by atoms with Crippen LogP contribution in [0.3, 0.4) is 0 Å². The standard InChI is InChI=1S/C9H9BrN2O3/c1-2-15-9(13)11-12(14)8-5-3-7(10)4-6-8/h3-6H,2H2,1H3. The Hall–Kier alpha value is -1.43. The molecule has 0 atom stereocenters. The Morgan fingerprint density at radius 1 is 1.53 bits per heavy atom. The molecule has 80 valence electrons. The first kappa shape index (κ1) is 11.6. The number of carbonyl (C=O) groups excluding carboxylic acids is 1. The molecule has 15 heavy (non-hydrogen) atoms. The van der Waals surface area contributed by atoms with Gasteiger partial charge in [-0.2, -0.15) is 0 Å². The molecule has 0 aliphatic heterocycles. The first-order valence-corrected chi connectivity index (χ1v) is 5.04. The van der Waals surface area contributed by atoms with Crippen LogP contribution in [0.25, 0.3) is 0 Å². The average Bonchev–Trinajstić information content (AvgIpc) is 2.18. The summed E-state index contributed by atoms with van der Waals surface area (Å²) in [7, 11) is 0. The zero-order valence-corrected chi connectivity index (χ0v) is 9.60. The first-order valence-electron chi connectivity index (χ1n) is 4.24. The van der Waals surface area contributed by atoms with Gasteiger partial charge < -0.3 is 9.94 Å². The van der Waals surface area contributed by atoms with Gasteiger partial charge in [-0.05, 0) is 23.9 Å². The number of ether oxygens (including phenoxy) is 1. The molecule has 0 saturated carbocycles. The number of amides is 1. The van der Waals surface area contributed by atoms with Gasteiger partial charge in [0.15, 0.2) is 0 Å². The van der Waals surface area contributed by atoms with Crippen LogP contribution < -0.4 is 0 Å². The number of nitrogens with zero attached hydrogens (tertiary/aromatic N) is 2. The van der Waals surface area contributed by atoms with Gasteiger partial charge in [0.25, 0.3) is 0 Å². The van der Waals surface area contributed by atoms with Crippen LogP contribution in [-0.4, -0.2) is 17.6 Å². The minimum atomic E-state index is -0.893. The van der Waals surface area contributed by atoms with Crippen molar-refractivity contribution in [1.29, 1.82) is 0 Å². The highest BCUT2D eigenvalue weighted by Crippen LogP contribution is 2.16. The van der Waals surface area contributed by atoms with Gasteiger partial charge in [-0.3, -0.25) is 0 Å². The van der Waals surface area contributed by atoms with E-state index in [1.807, 2.05) is 0 Å². The van der Waals surface area contributed by atoms with Crippen molar-refractivity contribution in [3.05, 3.63) is 33.9 Å². The fourth-order valence-electron chi connectivity index (χ4n) is 0.853. The molecule has 5 nitrogen and oxygen atoms in total. The van der Waals surface area contributed by atoms with Crippen molar-refractivity contribution in [3.8, 4) is 0 Å². The second-order valence-corrected chi connectivity index (χ2v) is 3.46. The van der Waals surface area contributed by atoms with Crippen LogP contribution in [0.15, 0.2) is 33.9 Å². The molecule has 0 aliphatic carbocycles. The molecule has 0 aliphatic rings. The van der Waals surface area contributed by atoms with Crippen LogP contribution in [-0.2, 0) is 4.74 Å². The third-order valence-electron chi connectivity index (χ3n) is 1.49. The molecule has 0 heterocycles. The Kier molecular flexibility index (Phi) is 4.23. The summed E-state index contributed by atoms with van der Waals surface area (Å²) >= 11 is 3.23. The number of hydrogen-bond donors (Lipinski definition) is 0. The van der Waals surface area contributed by atoms with Crippen molar-refractivity contribution in [2.24, 2.45) is 5.11 Å². The lowest BCUT2D eigenvalue weighted by molar-refractivity contribution is -0.436. The molecule has 6 heteroatoms. The molecule has 1 amide bonds. The highest BCUT2D eigenvalue weighted by atomic mass is 79.9. The summed E-state index contributed by atoms with van der Waals surface area (Å²) in [6.07, 6.45) is -0.893. The Morgan fingerprint density at radius 2 is 2.13 bits per heavy atom. The van der Waals surface area contributed by atoms with Crippen LogP contribution in [0, 0.1) is 5.21 Å². The van der Waals surface area contributed by atoms with Crippen molar-refractivity contribution >= 4 is 27.7 Å². The lowest BCUT2D eigenvalue weighted by atomic mass is 10.3. The zero-order chi connectivity index (χ0) is 11.3. The van der Waals surface area contributed by atoms with E-state index >= 15 is 0 Å². The van der Waals surface area contributed by atoms with E-state index in [0.29, 0.717) is 0 Å². The highest BCUT2D eigenvalue weighted by molar-refractivity contribution is 9.10. The topological polar surface area (TPSA) is 64.7 Å². The van der Waals surface area contributed by atoms with Gasteiger partial charge in [-0.25, -0.2) is 4.79 Å². The molecular formula is C9H9BrN2O3. The molecule has 0 bridgehead atoms. The van der Waals surface area contributed by atoms with Crippen molar-refractivity contribution in [2.75, 3.05) is 6.61 Å². The van der Waals surface area contributed by atoms with Crippen LogP contribution in [0.1, 0.15) is 6.92 Å². The van der Waals surface area contributed by atoms with Gasteiger partial charge >= 0.3 is 6.09 Å². The largest absolute Gasteiger partial charge is 0.594 e. The molecular weight excluding hydrogens is 264 g/mol. The van der Waals surface area contributed by atoms with Crippen LogP contribution >= 0.6 is 15.9 Å². The molecule has 0 N–H and O–H groups in total. The van der Waals surface area contributed by atoms with Crippen LogP contribution in [0.2, 0.25) is 0 Å². The van der Waals surface area contributed by atoms with Gasteiger partial charge in [0.1, 0.15) is 0 Å². The summed E-state index contributed by atoms with van der Waals surface area (Å²) in [5, 5.41) is 14.4. The van der Waals surface area contributed by atoms with Crippen molar-refractivity contribution < 1.29 is 14.4 Å². The van der Waals surface area contributed by atoms with Gasteiger partial charge in [0, 0.05) is 16.6 Å². The predicted octanol–water partition coefficient (Wildman–Crippen LogP) is 3.20. The third-order valence-corrected chi connectivity index (χ3v) is 2.02. The molecule has 0 aromatic heterocycles. The highest BCUT2D eigenvalue weighted by Gasteiger charge is 2.08. The lowest BCUT2D eigenvalue weighted by Crippen LogP contribution is -2.02. The fraction of sp³-hybridized carbons (Fsp3) is 0.222. The predicted molar refractivity (Wildman–Crippen MR) is 56.9 cm³/mol. The SMILES string of the molecule is CCOC(=O)N=[N+]([O-])c1ccc(Br)cc1. The number of azo groups is 1. The summed E-state index contributed by atoms with van der Waals surface area (Å²) < 4.78 is 5.34. The first-order chi connectivity index (χ1) is 7.13. The summed E-state index contributed by atoms with van der Waals surface area (Å²) in [6, 6.07) is 6.45. The normalized spacial score (nSPS) is 11.2. The van der Waals surface area contributed by atoms with E-state index in [-0.39, 0.29) is 17.2 Å². The maximum absolute atomic E-state index is 11.3. The number of halogens is 1. The Bertz CT molecular complexity index is 375. The Balaban J connectivity index is 2.79. The number of hydrogen-bond acceptors (Lipinski definition) is 3. The van der Waals surface area contributed by atoms with Crippen LogP contribution in [0.4, 0.5) is 10.5 Å². The monoisotopic (exact) mass is 272 g/mol. The van der Waals surface area contributed by atoms with Crippen molar-refractivity contribution in [3.63, 3.8) is 0 Å². The number of rotatable bonds is 2. The van der Waals surface area contributed by atoms with E-state index in [0.717, 1.165) is 4.47 Å². The van der Waals surface area contributed by atoms with E-state index in [1.54, 1.807) is 31.2 Å². The maximum atomic E-state index is 11.3. The molecule has 0 unspecified atom stereocenters. The second-order valence-electron chi connectivity index (χ2n) is 2.55. The third kappa shape index (κ3) is 3.67. The molecule has 1 aromatic carbocycles. The second kappa shape index (κ2) is 5.45. The molecule has 0 saturated heterocycles. The van der Waals surface area contributed by atoms with Gasteiger partial charge in [0.2, 0.25) is 5.69 Å². The average molecular weight is 273 g/mol. The number of carbonyl (C=O) groups is 1. The van der Waals surface area contributed by atoms with Gasteiger partial charge in [-0.1, -0.05) is 15.9 Å². The molecule has 0 fully saturated rings. The smallest absolute Gasteiger partial charge is 0.492 e. The lowest BCUT2D eigenvalue weighted by Gasteiger charge is -1.99. The van der Waals surface area contributed by atoms with E-state index < -0.39 is 6.09 Å². The van der Waals surface area contributed by atoms with Gasteiger partial charge in [-0.15, -0.1) is 0 Å². The van der Waals surface area contributed by atoms with E-state index in [4.69, 9.17) is 0 Å². The summed E-state index contributed by atoms with van der Waals surface area (Å²) in [5.74, 6) is 0. The van der Waals surface area contributed by atoms with E-state index in [2.05, 4.69) is 25.8 Å². The molecule has 0 spiro atoms. The van der Waals surface area contributed by atoms with Gasteiger partial charge in [0.05, 0.1) is 11.7 Å². The molecule has 0 radical (unpaired) electrons. The molecule has 1 rings (SSSR count). The summed E-state index contributed by atoms with van der Waals surface area (Å²) in [6.45, 7) is 1.83. The molecule has 1 aromatic rings. The maximum Gasteiger partial charge on any atom is 0.492 e. The zero-order valence-electron chi connectivity index (χ0n) is 8.01. The Morgan fingerprint density at radius 3 is 2.67 bits per heavy atom. The number of benzene rings is 1. The fourth-order valence-corrected chi connectivity index (χ4v) is 1.12. The quantitative estimate of drug-likeness (QED) is 0.472. The van der Waals surface area contributed by atoms with Crippen molar-refractivity contribution in [1.82, 2.24) is 0 Å². The van der Waals surface area contributed by atoms with Crippen LogP contribution in [0.5, 0.6) is 0 Å². The van der Waals surface area contributed by atoms with E-state index in [1.165, 1.54) is 0 Å². The van der Waals surface area contributed by atoms with E-state index in [9.17, 15) is 10.0 Å². The summed E-state index contributed by atoms with van der Waals surface area (Å²) in [5.41, 5.74) is 0.270. The minimum absolute atomic E-state index is 0.191. The summed E-state index contributed by atoms with van der Waals surface area (Å²) in [4.78, 5) is 11.1. The minimum Gasteiger partial charge on any atom is -0.594 e. The Labute approximate surface area is 95.1 Å².